The number of anilines is 2. The minimum absolute atomic E-state index is 0.243. The summed E-state index contributed by atoms with van der Waals surface area (Å²) in [6.07, 6.45) is 0.719. The number of amides is 1. The van der Waals surface area contributed by atoms with Crippen molar-refractivity contribution < 1.29 is 4.79 Å². The predicted molar refractivity (Wildman–Crippen MR) is 71.5 cm³/mol. The fraction of sp³-hybridized carbons (Fsp3) is 0.231. The van der Waals surface area contributed by atoms with Crippen LogP contribution < -0.4 is 11.1 Å². The molecule has 0 aliphatic rings. The van der Waals surface area contributed by atoms with Gasteiger partial charge < -0.3 is 11.1 Å². The summed E-state index contributed by atoms with van der Waals surface area (Å²) in [5.74, 6) is -0.299. The number of aromatic amines is 1. The summed E-state index contributed by atoms with van der Waals surface area (Å²) in [7, 11) is 0. The number of benzene rings is 1. The molecule has 0 unspecified atom stereocenters. The van der Waals surface area contributed by atoms with E-state index in [0.29, 0.717) is 5.69 Å². The summed E-state index contributed by atoms with van der Waals surface area (Å²) in [5, 5.41) is 9.46. The van der Waals surface area contributed by atoms with Gasteiger partial charge in [0.25, 0.3) is 5.91 Å². The van der Waals surface area contributed by atoms with Gasteiger partial charge >= 0.3 is 0 Å². The molecule has 2 aromatic rings. The first kappa shape index (κ1) is 12.2. The number of nitrogen functional groups attached to an aromatic ring is 1. The number of nitrogens with one attached hydrogen (secondary N) is 2. The van der Waals surface area contributed by atoms with E-state index < -0.39 is 0 Å². The first-order valence-corrected chi connectivity index (χ1v) is 5.82. The van der Waals surface area contributed by atoms with Crippen LogP contribution in [0.1, 0.15) is 28.7 Å². The molecule has 0 radical (unpaired) electrons. The Balaban J connectivity index is 2.16. The molecule has 2 rings (SSSR count). The van der Waals surface area contributed by atoms with Crippen LogP contribution in [-0.2, 0) is 6.42 Å². The second-order valence-electron chi connectivity index (χ2n) is 4.14. The van der Waals surface area contributed by atoms with Crippen molar-refractivity contribution in [2.45, 2.75) is 20.3 Å². The number of H-pyrrole nitrogens is 1. The smallest absolute Gasteiger partial charge is 0.278 e. The Bertz CT molecular complexity index is 557. The van der Waals surface area contributed by atoms with Gasteiger partial charge in [0.1, 0.15) is 0 Å². The van der Waals surface area contributed by atoms with E-state index in [1.807, 2.05) is 38.1 Å². The molecule has 5 heteroatoms. The zero-order valence-electron chi connectivity index (χ0n) is 10.4. The number of aromatic nitrogens is 2. The molecule has 1 aromatic heterocycles. The van der Waals surface area contributed by atoms with E-state index in [1.54, 1.807) is 0 Å². The highest BCUT2D eigenvalue weighted by atomic mass is 16.2. The second kappa shape index (κ2) is 4.91. The summed E-state index contributed by atoms with van der Waals surface area (Å²) in [6.45, 7) is 3.94. The van der Waals surface area contributed by atoms with Gasteiger partial charge in [0.05, 0.1) is 11.4 Å². The van der Waals surface area contributed by atoms with Crippen molar-refractivity contribution in [3.63, 3.8) is 0 Å². The SMILES string of the molecule is CCc1[nH]nc(C(=O)Nc2ccc(C)cc2)c1N. The highest BCUT2D eigenvalue weighted by Gasteiger charge is 2.16. The summed E-state index contributed by atoms with van der Waals surface area (Å²) >= 11 is 0. The van der Waals surface area contributed by atoms with Gasteiger partial charge in [0.15, 0.2) is 5.69 Å². The van der Waals surface area contributed by atoms with Gasteiger partial charge in [-0.15, -0.1) is 0 Å². The van der Waals surface area contributed by atoms with Crippen LogP contribution in [0.4, 0.5) is 11.4 Å². The molecular formula is C13H16N4O. The Morgan fingerprint density at radius 3 is 2.61 bits per heavy atom. The van der Waals surface area contributed by atoms with Crippen molar-refractivity contribution in [1.82, 2.24) is 10.2 Å². The van der Waals surface area contributed by atoms with Crippen molar-refractivity contribution in [2.24, 2.45) is 0 Å². The monoisotopic (exact) mass is 244 g/mol. The van der Waals surface area contributed by atoms with Crippen molar-refractivity contribution in [1.29, 1.82) is 0 Å². The fourth-order valence-corrected chi connectivity index (χ4v) is 1.66. The topological polar surface area (TPSA) is 83.8 Å². The molecule has 94 valence electrons. The molecule has 0 atom stereocenters. The Labute approximate surface area is 105 Å². The number of aryl methyl sites for hydroxylation is 2. The number of hydrogen-bond donors (Lipinski definition) is 3. The van der Waals surface area contributed by atoms with E-state index in [-0.39, 0.29) is 11.6 Å². The number of nitrogens with two attached hydrogens (primary N) is 1. The molecule has 0 fully saturated rings. The van der Waals surface area contributed by atoms with Crippen LogP contribution >= 0.6 is 0 Å². The lowest BCUT2D eigenvalue weighted by molar-refractivity contribution is 0.102. The molecule has 0 saturated carbocycles. The molecule has 18 heavy (non-hydrogen) atoms. The average molecular weight is 244 g/mol. The lowest BCUT2D eigenvalue weighted by Crippen LogP contribution is -2.14. The summed E-state index contributed by atoms with van der Waals surface area (Å²) in [5.41, 5.74) is 9.15. The number of carbonyl (C=O) groups is 1. The molecule has 0 spiro atoms. The largest absolute Gasteiger partial charge is 0.395 e. The highest BCUT2D eigenvalue weighted by Crippen LogP contribution is 2.16. The zero-order chi connectivity index (χ0) is 13.1. The van der Waals surface area contributed by atoms with Crippen molar-refractivity contribution >= 4 is 17.3 Å². The first-order valence-electron chi connectivity index (χ1n) is 5.82. The molecule has 0 bridgehead atoms. The van der Waals surface area contributed by atoms with Crippen molar-refractivity contribution in [3.8, 4) is 0 Å². The fourth-order valence-electron chi connectivity index (χ4n) is 1.66. The minimum atomic E-state index is -0.299. The number of rotatable bonds is 3. The normalized spacial score (nSPS) is 10.3. The van der Waals surface area contributed by atoms with Gasteiger partial charge in [-0.2, -0.15) is 5.10 Å². The third-order valence-corrected chi connectivity index (χ3v) is 2.76. The van der Waals surface area contributed by atoms with E-state index in [9.17, 15) is 4.79 Å². The summed E-state index contributed by atoms with van der Waals surface area (Å²) in [6, 6.07) is 7.55. The number of carbonyl (C=O) groups excluding carboxylic acids is 1. The van der Waals surface area contributed by atoms with Crippen LogP contribution in [0.25, 0.3) is 0 Å². The minimum Gasteiger partial charge on any atom is -0.395 e. The molecule has 0 aliphatic heterocycles. The van der Waals surface area contributed by atoms with Gasteiger partial charge in [-0.3, -0.25) is 9.89 Å². The Morgan fingerprint density at radius 2 is 2.06 bits per heavy atom. The highest BCUT2D eigenvalue weighted by molar-refractivity contribution is 6.06. The van der Waals surface area contributed by atoms with Crippen LogP contribution in [0, 0.1) is 6.92 Å². The Hall–Kier alpha value is -2.30. The molecule has 5 nitrogen and oxygen atoms in total. The molecule has 1 amide bonds. The third-order valence-electron chi connectivity index (χ3n) is 2.76. The third kappa shape index (κ3) is 2.34. The summed E-state index contributed by atoms with van der Waals surface area (Å²) < 4.78 is 0. The van der Waals surface area contributed by atoms with Crippen molar-refractivity contribution in [3.05, 3.63) is 41.2 Å². The quantitative estimate of drug-likeness (QED) is 0.773. The van der Waals surface area contributed by atoms with Crippen LogP contribution in [-0.4, -0.2) is 16.1 Å². The maximum absolute atomic E-state index is 12.0. The molecular weight excluding hydrogens is 228 g/mol. The maximum atomic E-state index is 12.0. The summed E-state index contributed by atoms with van der Waals surface area (Å²) in [4.78, 5) is 12.0. The maximum Gasteiger partial charge on any atom is 0.278 e. The Kier molecular flexibility index (Phi) is 3.32. The van der Waals surface area contributed by atoms with Gasteiger partial charge in [-0.1, -0.05) is 24.6 Å². The second-order valence-corrected chi connectivity index (χ2v) is 4.14. The zero-order valence-corrected chi connectivity index (χ0v) is 10.4. The number of hydrogen-bond acceptors (Lipinski definition) is 3. The van der Waals surface area contributed by atoms with E-state index in [4.69, 9.17) is 5.73 Å². The lowest BCUT2D eigenvalue weighted by atomic mass is 10.2. The van der Waals surface area contributed by atoms with E-state index in [0.717, 1.165) is 23.4 Å². The molecule has 1 aromatic carbocycles. The first-order chi connectivity index (χ1) is 8.61. The average Bonchev–Trinajstić information content (AvgIpc) is 2.73. The molecule has 4 N–H and O–H groups in total. The van der Waals surface area contributed by atoms with Crippen LogP contribution in [0.3, 0.4) is 0 Å². The van der Waals surface area contributed by atoms with Gasteiger partial charge in [0.2, 0.25) is 0 Å². The molecule has 1 heterocycles. The van der Waals surface area contributed by atoms with Gasteiger partial charge in [-0.25, -0.2) is 0 Å². The van der Waals surface area contributed by atoms with E-state index in [2.05, 4.69) is 15.5 Å². The van der Waals surface area contributed by atoms with Gasteiger partial charge in [-0.05, 0) is 25.5 Å². The van der Waals surface area contributed by atoms with E-state index >= 15 is 0 Å². The van der Waals surface area contributed by atoms with Crippen LogP contribution in [0.5, 0.6) is 0 Å². The molecule has 0 saturated heterocycles. The molecule has 0 aliphatic carbocycles. The Morgan fingerprint density at radius 1 is 1.39 bits per heavy atom. The van der Waals surface area contributed by atoms with Gasteiger partial charge in [0, 0.05) is 5.69 Å². The van der Waals surface area contributed by atoms with Crippen molar-refractivity contribution in [2.75, 3.05) is 11.1 Å². The van der Waals surface area contributed by atoms with E-state index in [1.165, 1.54) is 0 Å². The lowest BCUT2D eigenvalue weighted by Gasteiger charge is -2.04. The van der Waals surface area contributed by atoms with Crippen LogP contribution in [0.2, 0.25) is 0 Å². The standard InChI is InChI=1S/C13H16N4O/c1-3-10-11(14)12(17-16-10)13(18)15-9-6-4-8(2)5-7-9/h4-7H,3,14H2,1-2H3,(H,15,18)(H,16,17). The van der Waals surface area contributed by atoms with Crippen LogP contribution in [0.15, 0.2) is 24.3 Å². The number of nitrogens with zero attached hydrogens (tertiary/aromatic N) is 1. The predicted octanol–water partition coefficient (Wildman–Crippen LogP) is 2.12.